The van der Waals surface area contributed by atoms with Gasteiger partial charge in [-0.1, -0.05) is 24.3 Å². The maximum Gasteiger partial charge on any atom is 0.266 e. The molecule has 2 aliphatic heterocycles. The van der Waals surface area contributed by atoms with Crippen molar-refractivity contribution in [1.82, 2.24) is 4.90 Å². The molecule has 204 valence electrons. The molecule has 0 saturated carbocycles. The van der Waals surface area contributed by atoms with Crippen molar-refractivity contribution >= 4 is 40.3 Å². The summed E-state index contributed by atoms with van der Waals surface area (Å²) in [6, 6.07) is 23.2. The van der Waals surface area contributed by atoms with Gasteiger partial charge in [0.05, 0.1) is 42.0 Å². The Morgan fingerprint density at radius 3 is 2.58 bits per heavy atom. The molecule has 2 heterocycles. The molecule has 0 atom stereocenters. The third-order valence-electron chi connectivity index (χ3n) is 6.54. The van der Waals surface area contributed by atoms with Crippen LogP contribution in [0.25, 0.3) is 6.08 Å². The average Bonchev–Trinajstić information content (AvgIpc) is 3.25. The number of morpholine rings is 1. The number of nitriles is 1. The Hall–Kier alpha value is -4.26. The van der Waals surface area contributed by atoms with Crippen LogP contribution in [0.3, 0.4) is 0 Å². The number of thioether (sulfide) groups is 1. The number of carbonyl (C=O) groups excluding carboxylic acids is 1. The lowest BCUT2D eigenvalue weighted by atomic mass is 10.1. The van der Waals surface area contributed by atoms with Gasteiger partial charge in [-0.05, 0) is 72.8 Å². The van der Waals surface area contributed by atoms with Crippen LogP contribution >= 0.6 is 11.8 Å². The number of hydrogen-bond acceptors (Lipinski definition) is 8. The molecule has 1 amide bonds. The second-order valence-electron chi connectivity index (χ2n) is 9.18. The number of amides is 1. The Bertz CT molecular complexity index is 1470. The predicted molar refractivity (Wildman–Crippen MR) is 158 cm³/mol. The Morgan fingerprint density at radius 1 is 1.05 bits per heavy atom. The third-order valence-corrected chi connectivity index (χ3v) is 7.60. The highest BCUT2D eigenvalue weighted by atomic mass is 32.2. The number of benzene rings is 3. The molecule has 3 aromatic carbocycles. The number of likely N-dealkylation sites (N-methyl/N-ethyl adjacent to an activating group) is 1. The highest BCUT2D eigenvalue weighted by molar-refractivity contribution is 8.18. The van der Waals surface area contributed by atoms with E-state index >= 15 is 0 Å². The van der Waals surface area contributed by atoms with Gasteiger partial charge < -0.3 is 19.1 Å². The Balaban J connectivity index is 1.31. The molecule has 0 aliphatic carbocycles. The lowest BCUT2D eigenvalue weighted by molar-refractivity contribution is -0.121. The van der Waals surface area contributed by atoms with E-state index in [0.29, 0.717) is 33.7 Å². The van der Waals surface area contributed by atoms with Crippen molar-refractivity contribution in [2.45, 2.75) is 13.5 Å². The van der Waals surface area contributed by atoms with Gasteiger partial charge >= 0.3 is 0 Å². The van der Waals surface area contributed by atoms with Gasteiger partial charge in [0.25, 0.3) is 5.91 Å². The molecule has 0 unspecified atom stereocenters. The number of carbonyl (C=O) groups is 1. The van der Waals surface area contributed by atoms with Gasteiger partial charge in [0.1, 0.15) is 6.61 Å². The van der Waals surface area contributed by atoms with E-state index in [9.17, 15) is 10.1 Å². The first-order chi connectivity index (χ1) is 19.6. The summed E-state index contributed by atoms with van der Waals surface area (Å²) in [5.41, 5.74) is 4.13. The van der Waals surface area contributed by atoms with Crippen molar-refractivity contribution in [3.05, 3.63) is 88.3 Å². The number of nitrogens with zero attached hydrogens (tertiary/aromatic N) is 4. The van der Waals surface area contributed by atoms with E-state index in [1.807, 2.05) is 61.5 Å². The summed E-state index contributed by atoms with van der Waals surface area (Å²) in [7, 11) is 1.73. The van der Waals surface area contributed by atoms with Crippen molar-refractivity contribution in [3.8, 4) is 17.6 Å². The summed E-state index contributed by atoms with van der Waals surface area (Å²) in [4.78, 5) is 22.2. The molecule has 2 aliphatic rings. The number of amidine groups is 1. The van der Waals surface area contributed by atoms with E-state index in [2.05, 4.69) is 23.1 Å². The third kappa shape index (κ3) is 6.30. The minimum atomic E-state index is -0.111. The van der Waals surface area contributed by atoms with E-state index in [0.717, 1.165) is 48.8 Å². The number of anilines is 1. The second-order valence-corrected chi connectivity index (χ2v) is 10.2. The molecule has 0 aromatic heterocycles. The van der Waals surface area contributed by atoms with E-state index in [1.54, 1.807) is 18.0 Å². The van der Waals surface area contributed by atoms with Crippen molar-refractivity contribution in [2.24, 2.45) is 4.99 Å². The predicted octanol–water partition coefficient (Wildman–Crippen LogP) is 5.61. The SMILES string of the molecule is CCOc1cc(/C=C2\SC(=Nc3ccc(N4CCOCC4)cc3)N(C)C2=O)ccc1OCc1ccccc1C#N. The van der Waals surface area contributed by atoms with Crippen molar-refractivity contribution < 1.29 is 19.0 Å². The fourth-order valence-corrected chi connectivity index (χ4v) is 5.37. The highest BCUT2D eigenvalue weighted by Gasteiger charge is 2.30. The summed E-state index contributed by atoms with van der Waals surface area (Å²) >= 11 is 1.34. The molecule has 0 bridgehead atoms. The van der Waals surface area contributed by atoms with Crippen molar-refractivity contribution in [1.29, 1.82) is 5.26 Å². The molecule has 3 aromatic rings. The van der Waals surface area contributed by atoms with Crippen LogP contribution in [0.15, 0.2) is 76.6 Å². The van der Waals surface area contributed by atoms with Crippen LogP contribution in [0.4, 0.5) is 11.4 Å². The topological polar surface area (TPSA) is 87.4 Å². The molecule has 5 rings (SSSR count). The number of aliphatic imine (C=N–C) groups is 1. The molecule has 0 N–H and O–H groups in total. The average molecular weight is 555 g/mol. The lowest BCUT2D eigenvalue weighted by Crippen LogP contribution is -2.36. The zero-order valence-corrected chi connectivity index (χ0v) is 23.3. The standard InChI is InChI=1S/C31H30N4O4S/c1-3-38-28-18-22(8-13-27(28)39-21-24-7-5-4-6-23(24)20-32)19-29-30(36)34(2)31(40-29)33-25-9-11-26(12-10-25)35-14-16-37-17-15-35/h4-13,18-19H,3,14-17,21H2,1-2H3/b29-19-,33-31?. The first-order valence-corrected chi connectivity index (χ1v) is 13.9. The van der Waals surface area contributed by atoms with Crippen LogP contribution in [0.5, 0.6) is 11.5 Å². The van der Waals surface area contributed by atoms with E-state index in [4.69, 9.17) is 19.2 Å². The van der Waals surface area contributed by atoms with Crippen LogP contribution < -0.4 is 14.4 Å². The van der Waals surface area contributed by atoms with Gasteiger partial charge in [0.2, 0.25) is 0 Å². The largest absolute Gasteiger partial charge is 0.490 e. The van der Waals surface area contributed by atoms with Crippen LogP contribution in [-0.2, 0) is 16.1 Å². The van der Waals surface area contributed by atoms with Crippen molar-refractivity contribution in [2.75, 3.05) is 44.9 Å². The van der Waals surface area contributed by atoms with E-state index < -0.39 is 0 Å². The Morgan fingerprint density at radius 2 is 1.82 bits per heavy atom. The van der Waals surface area contributed by atoms with Gasteiger partial charge in [-0.25, -0.2) is 4.99 Å². The van der Waals surface area contributed by atoms with Gasteiger partial charge in [-0.3, -0.25) is 9.69 Å². The number of rotatable bonds is 8. The zero-order chi connectivity index (χ0) is 27.9. The van der Waals surface area contributed by atoms with E-state index in [1.165, 1.54) is 11.8 Å². The van der Waals surface area contributed by atoms with Crippen LogP contribution in [0.2, 0.25) is 0 Å². The van der Waals surface area contributed by atoms with E-state index in [-0.39, 0.29) is 12.5 Å². The first-order valence-electron chi connectivity index (χ1n) is 13.1. The lowest BCUT2D eigenvalue weighted by Gasteiger charge is -2.28. The molecule has 8 nitrogen and oxygen atoms in total. The van der Waals surface area contributed by atoms with Gasteiger partial charge in [-0.15, -0.1) is 0 Å². The van der Waals surface area contributed by atoms with Crippen LogP contribution in [0, 0.1) is 11.3 Å². The molecule has 9 heteroatoms. The molecule has 0 spiro atoms. The first kappa shape index (κ1) is 27.3. The van der Waals surface area contributed by atoms with Crippen LogP contribution in [0.1, 0.15) is 23.6 Å². The summed E-state index contributed by atoms with van der Waals surface area (Å²) < 4.78 is 17.3. The quantitative estimate of drug-likeness (QED) is 0.335. The molecular formula is C31H30N4O4S. The fraction of sp³-hybridized carbons (Fsp3) is 0.258. The normalized spacial score (nSPS) is 17.4. The summed E-state index contributed by atoms with van der Waals surface area (Å²) in [6.07, 6.45) is 1.84. The summed E-state index contributed by atoms with van der Waals surface area (Å²) in [5, 5.41) is 9.97. The summed E-state index contributed by atoms with van der Waals surface area (Å²) in [6.45, 7) is 5.84. The Labute approximate surface area is 238 Å². The number of ether oxygens (including phenoxy) is 3. The molecule has 2 saturated heterocycles. The summed E-state index contributed by atoms with van der Waals surface area (Å²) in [5.74, 6) is 1.03. The number of hydrogen-bond donors (Lipinski definition) is 0. The molecule has 40 heavy (non-hydrogen) atoms. The smallest absolute Gasteiger partial charge is 0.266 e. The minimum Gasteiger partial charge on any atom is -0.490 e. The fourth-order valence-electron chi connectivity index (χ4n) is 4.39. The molecule has 0 radical (unpaired) electrons. The second kappa shape index (κ2) is 12.7. The molecular weight excluding hydrogens is 524 g/mol. The molecule has 2 fully saturated rings. The maximum absolute atomic E-state index is 13.0. The minimum absolute atomic E-state index is 0.111. The van der Waals surface area contributed by atoms with Gasteiger partial charge in [0.15, 0.2) is 16.7 Å². The van der Waals surface area contributed by atoms with Crippen molar-refractivity contribution in [3.63, 3.8) is 0 Å². The van der Waals surface area contributed by atoms with Crippen LogP contribution in [-0.4, -0.2) is 55.9 Å². The Kier molecular flexibility index (Phi) is 8.69. The maximum atomic E-state index is 13.0. The zero-order valence-electron chi connectivity index (χ0n) is 22.5. The highest BCUT2D eigenvalue weighted by Crippen LogP contribution is 2.36. The van der Waals surface area contributed by atoms with Gasteiger partial charge in [0, 0.05) is 31.4 Å². The van der Waals surface area contributed by atoms with Gasteiger partial charge in [-0.2, -0.15) is 5.26 Å². The monoisotopic (exact) mass is 554 g/mol.